The average Bonchev–Trinajstić information content (AvgIpc) is 2.87. The fraction of sp³-hybridized carbons (Fsp3) is 0.867. The zero-order valence-corrected chi connectivity index (χ0v) is 12.3. The van der Waals surface area contributed by atoms with Gasteiger partial charge in [0.2, 0.25) is 0 Å². The largest absolute Gasteiger partial charge is 0.325 e. The number of aromatic nitrogens is 3. The summed E-state index contributed by atoms with van der Waals surface area (Å²) in [6.45, 7) is 3.79. The molecule has 108 valence electrons. The van der Waals surface area contributed by atoms with E-state index in [-0.39, 0.29) is 0 Å². The van der Waals surface area contributed by atoms with Crippen LogP contribution in [0.15, 0.2) is 0 Å². The molecule has 1 aliphatic carbocycles. The quantitative estimate of drug-likeness (QED) is 0.768. The first-order valence-corrected chi connectivity index (χ1v) is 7.99. The highest BCUT2D eigenvalue weighted by Gasteiger charge is 2.23. The van der Waals surface area contributed by atoms with E-state index in [4.69, 9.17) is 5.73 Å². The van der Waals surface area contributed by atoms with E-state index in [1.54, 1.807) is 0 Å². The molecule has 1 fully saturated rings. The highest BCUT2D eigenvalue weighted by atomic mass is 15.4. The predicted molar refractivity (Wildman–Crippen MR) is 77.9 cm³/mol. The first-order chi connectivity index (χ1) is 9.36. The smallest absolute Gasteiger partial charge is 0.0997 e. The SMILES string of the molecule is CCCCCCn1nnc(CN)c1C1CCCCC1. The lowest BCUT2D eigenvalue weighted by Crippen LogP contribution is -2.15. The van der Waals surface area contributed by atoms with Gasteiger partial charge in [-0.1, -0.05) is 50.7 Å². The molecular formula is C15H28N4. The molecule has 0 unspecified atom stereocenters. The van der Waals surface area contributed by atoms with Crippen LogP contribution in [0, 0.1) is 0 Å². The molecule has 0 radical (unpaired) electrons. The van der Waals surface area contributed by atoms with Crippen molar-refractivity contribution in [3.05, 3.63) is 11.4 Å². The topological polar surface area (TPSA) is 56.7 Å². The molecule has 1 aliphatic rings. The Labute approximate surface area is 116 Å². The summed E-state index contributed by atoms with van der Waals surface area (Å²) < 4.78 is 2.15. The van der Waals surface area contributed by atoms with Crippen LogP contribution >= 0.6 is 0 Å². The molecule has 4 nitrogen and oxygen atoms in total. The maximum Gasteiger partial charge on any atom is 0.0997 e. The second-order valence-electron chi connectivity index (χ2n) is 5.74. The van der Waals surface area contributed by atoms with E-state index >= 15 is 0 Å². The van der Waals surface area contributed by atoms with Gasteiger partial charge in [0.25, 0.3) is 0 Å². The van der Waals surface area contributed by atoms with Gasteiger partial charge in [-0.25, -0.2) is 4.68 Å². The van der Waals surface area contributed by atoms with E-state index in [1.807, 2.05) is 0 Å². The van der Waals surface area contributed by atoms with Crippen LogP contribution < -0.4 is 5.73 Å². The number of hydrogen-bond acceptors (Lipinski definition) is 3. The van der Waals surface area contributed by atoms with Gasteiger partial charge in [-0.05, 0) is 19.3 Å². The Morgan fingerprint density at radius 3 is 2.63 bits per heavy atom. The van der Waals surface area contributed by atoms with Crippen LogP contribution in [0.3, 0.4) is 0 Å². The van der Waals surface area contributed by atoms with Gasteiger partial charge < -0.3 is 5.73 Å². The second kappa shape index (κ2) is 7.63. The second-order valence-corrected chi connectivity index (χ2v) is 5.74. The molecule has 0 aromatic carbocycles. The Kier molecular flexibility index (Phi) is 5.83. The molecule has 2 rings (SSSR count). The van der Waals surface area contributed by atoms with Gasteiger partial charge in [-0.15, -0.1) is 5.10 Å². The van der Waals surface area contributed by atoms with Crippen molar-refractivity contribution in [2.45, 2.75) is 83.7 Å². The van der Waals surface area contributed by atoms with E-state index in [0.29, 0.717) is 12.5 Å². The fourth-order valence-corrected chi connectivity index (χ4v) is 3.18. The Balaban J connectivity index is 2.03. The molecule has 0 saturated heterocycles. The molecule has 4 heteroatoms. The standard InChI is InChI=1S/C15H28N4/c1-2-3-4-8-11-19-15(14(12-16)17-18-19)13-9-6-5-7-10-13/h13H,2-12,16H2,1H3. The molecule has 2 N–H and O–H groups in total. The van der Waals surface area contributed by atoms with Crippen LogP contribution in [0.2, 0.25) is 0 Å². The first kappa shape index (κ1) is 14.5. The average molecular weight is 264 g/mol. The normalized spacial score (nSPS) is 16.9. The first-order valence-electron chi connectivity index (χ1n) is 7.99. The zero-order chi connectivity index (χ0) is 13.5. The van der Waals surface area contributed by atoms with Crippen LogP contribution in [-0.4, -0.2) is 15.0 Å². The molecule has 1 heterocycles. The summed E-state index contributed by atoms with van der Waals surface area (Å²) in [5.41, 5.74) is 8.21. The van der Waals surface area contributed by atoms with Crippen molar-refractivity contribution < 1.29 is 0 Å². The van der Waals surface area contributed by atoms with Gasteiger partial charge in [-0.3, -0.25) is 0 Å². The minimum Gasteiger partial charge on any atom is -0.325 e. The van der Waals surface area contributed by atoms with E-state index in [9.17, 15) is 0 Å². The highest BCUT2D eigenvalue weighted by Crippen LogP contribution is 2.33. The van der Waals surface area contributed by atoms with Crippen LogP contribution in [0.25, 0.3) is 0 Å². The fourth-order valence-electron chi connectivity index (χ4n) is 3.18. The van der Waals surface area contributed by atoms with Gasteiger partial charge in [0.05, 0.1) is 11.4 Å². The van der Waals surface area contributed by atoms with Crippen LogP contribution in [0.4, 0.5) is 0 Å². The van der Waals surface area contributed by atoms with Crippen molar-refractivity contribution >= 4 is 0 Å². The summed E-state index contributed by atoms with van der Waals surface area (Å²) in [7, 11) is 0. The number of nitrogens with two attached hydrogens (primary N) is 1. The van der Waals surface area contributed by atoms with E-state index in [2.05, 4.69) is 21.9 Å². The number of rotatable bonds is 7. The number of nitrogens with zero attached hydrogens (tertiary/aromatic N) is 3. The molecule has 0 spiro atoms. The summed E-state index contributed by atoms with van der Waals surface area (Å²) in [5.74, 6) is 0.647. The lowest BCUT2D eigenvalue weighted by atomic mass is 9.86. The van der Waals surface area contributed by atoms with E-state index < -0.39 is 0 Å². The molecule has 19 heavy (non-hydrogen) atoms. The summed E-state index contributed by atoms with van der Waals surface area (Å²) in [6.07, 6.45) is 11.7. The lowest BCUT2D eigenvalue weighted by molar-refractivity contribution is 0.406. The van der Waals surface area contributed by atoms with E-state index in [0.717, 1.165) is 12.2 Å². The van der Waals surface area contributed by atoms with Crippen molar-refractivity contribution in [3.8, 4) is 0 Å². The molecule has 1 saturated carbocycles. The number of aryl methyl sites for hydroxylation is 1. The third-order valence-corrected chi connectivity index (χ3v) is 4.26. The van der Waals surface area contributed by atoms with Crippen molar-refractivity contribution in [2.75, 3.05) is 0 Å². The van der Waals surface area contributed by atoms with Gasteiger partial charge in [-0.2, -0.15) is 0 Å². The van der Waals surface area contributed by atoms with Gasteiger partial charge in [0, 0.05) is 19.0 Å². The maximum atomic E-state index is 5.83. The van der Waals surface area contributed by atoms with Crippen molar-refractivity contribution in [2.24, 2.45) is 5.73 Å². The molecule has 0 aliphatic heterocycles. The minimum atomic E-state index is 0.529. The van der Waals surface area contributed by atoms with E-state index in [1.165, 1.54) is 63.5 Å². The summed E-state index contributed by atoms with van der Waals surface area (Å²) >= 11 is 0. The number of unbranched alkanes of at least 4 members (excludes halogenated alkanes) is 3. The maximum absolute atomic E-state index is 5.83. The van der Waals surface area contributed by atoms with Gasteiger partial charge >= 0.3 is 0 Å². The van der Waals surface area contributed by atoms with Crippen LogP contribution in [-0.2, 0) is 13.1 Å². The van der Waals surface area contributed by atoms with Gasteiger partial charge in [0.1, 0.15) is 0 Å². The highest BCUT2D eigenvalue weighted by molar-refractivity contribution is 5.16. The molecule has 1 aromatic rings. The monoisotopic (exact) mass is 264 g/mol. The minimum absolute atomic E-state index is 0.529. The third-order valence-electron chi connectivity index (χ3n) is 4.26. The Morgan fingerprint density at radius 1 is 1.16 bits per heavy atom. The summed E-state index contributed by atoms with van der Waals surface area (Å²) in [5, 5.41) is 8.64. The number of hydrogen-bond donors (Lipinski definition) is 1. The third kappa shape index (κ3) is 3.78. The van der Waals surface area contributed by atoms with Crippen molar-refractivity contribution in [1.29, 1.82) is 0 Å². The Bertz CT molecular complexity index is 366. The molecular weight excluding hydrogens is 236 g/mol. The van der Waals surface area contributed by atoms with Gasteiger partial charge in [0.15, 0.2) is 0 Å². The lowest BCUT2D eigenvalue weighted by Gasteiger charge is -2.23. The molecule has 0 amide bonds. The molecule has 0 atom stereocenters. The van der Waals surface area contributed by atoms with Crippen LogP contribution in [0.1, 0.15) is 82.0 Å². The summed E-state index contributed by atoms with van der Waals surface area (Å²) in [6, 6.07) is 0. The van der Waals surface area contributed by atoms with Crippen molar-refractivity contribution in [3.63, 3.8) is 0 Å². The molecule has 1 aromatic heterocycles. The van der Waals surface area contributed by atoms with Crippen LogP contribution in [0.5, 0.6) is 0 Å². The predicted octanol–water partition coefficient (Wildman–Crippen LogP) is 3.36. The Morgan fingerprint density at radius 2 is 1.95 bits per heavy atom. The Hall–Kier alpha value is -0.900. The summed E-state index contributed by atoms with van der Waals surface area (Å²) in [4.78, 5) is 0. The molecule has 0 bridgehead atoms. The zero-order valence-electron chi connectivity index (χ0n) is 12.3. The van der Waals surface area contributed by atoms with Crippen molar-refractivity contribution in [1.82, 2.24) is 15.0 Å².